The summed E-state index contributed by atoms with van der Waals surface area (Å²) in [6, 6.07) is 14.1. The van der Waals surface area contributed by atoms with Gasteiger partial charge in [0.25, 0.3) is 0 Å². The number of carboxylic acid groups (broad SMARTS) is 1. The van der Waals surface area contributed by atoms with Gasteiger partial charge >= 0.3 is 5.97 Å². The smallest absolute Gasteiger partial charge is 0.310 e. The van der Waals surface area contributed by atoms with Crippen LogP contribution in [0.2, 0.25) is 5.02 Å². The number of aliphatic carboxylic acids is 1. The number of benzene rings is 2. The second kappa shape index (κ2) is 7.98. The summed E-state index contributed by atoms with van der Waals surface area (Å²) in [5.41, 5.74) is -0.127. The molecule has 0 saturated carbocycles. The summed E-state index contributed by atoms with van der Waals surface area (Å²) in [5, 5.41) is 12.7. The molecule has 0 spiro atoms. The first-order chi connectivity index (χ1) is 12.8. The number of nitrogens with one attached hydrogen (secondary N) is 1. The molecule has 6 nitrogen and oxygen atoms in total. The summed E-state index contributed by atoms with van der Waals surface area (Å²) in [4.78, 5) is 25.4. The summed E-state index contributed by atoms with van der Waals surface area (Å²) < 4.78 is 5.71. The fourth-order valence-corrected chi connectivity index (χ4v) is 3.22. The first kappa shape index (κ1) is 19.2. The number of carbonyl (C=O) groups excluding carboxylic acids is 1. The molecule has 1 aliphatic heterocycles. The van der Waals surface area contributed by atoms with E-state index < -0.39 is 11.4 Å². The Hall–Kier alpha value is -2.57. The van der Waals surface area contributed by atoms with Gasteiger partial charge < -0.3 is 15.2 Å². The highest BCUT2D eigenvalue weighted by Gasteiger charge is 2.40. The van der Waals surface area contributed by atoms with Crippen molar-refractivity contribution in [3.05, 3.63) is 53.6 Å². The minimum Gasteiger partial charge on any atom is -0.481 e. The summed E-state index contributed by atoms with van der Waals surface area (Å²) >= 11 is 5.93. The summed E-state index contributed by atoms with van der Waals surface area (Å²) in [6.07, 6.45) is 0.547. The van der Waals surface area contributed by atoms with E-state index in [1.54, 1.807) is 49.4 Å². The van der Waals surface area contributed by atoms with Crippen LogP contribution in [-0.2, 0) is 9.59 Å². The predicted octanol–water partition coefficient (Wildman–Crippen LogP) is 3.87. The Balaban J connectivity index is 1.52. The molecular weight excluding hydrogens is 368 g/mol. The molecule has 3 rings (SSSR count). The molecule has 1 unspecified atom stereocenters. The number of nitrogens with zero attached hydrogens (tertiary/aromatic N) is 1. The van der Waals surface area contributed by atoms with E-state index in [0.29, 0.717) is 41.7 Å². The normalized spacial score (nSPS) is 19.6. The third-order valence-corrected chi connectivity index (χ3v) is 4.84. The zero-order valence-corrected chi connectivity index (χ0v) is 15.7. The minimum absolute atomic E-state index is 0.170. The van der Waals surface area contributed by atoms with Crippen LogP contribution in [0.15, 0.2) is 48.5 Å². The van der Waals surface area contributed by atoms with Crippen LogP contribution in [0.5, 0.6) is 11.5 Å². The molecule has 0 aromatic heterocycles. The monoisotopic (exact) mass is 388 g/mol. The highest BCUT2D eigenvalue weighted by Crippen LogP contribution is 2.30. The fraction of sp³-hybridized carbons (Fsp3) is 0.300. The van der Waals surface area contributed by atoms with Crippen molar-refractivity contribution in [3.8, 4) is 11.5 Å². The summed E-state index contributed by atoms with van der Waals surface area (Å²) in [6.45, 7) is 2.86. The molecule has 1 aliphatic rings. The van der Waals surface area contributed by atoms with Crippen molar-refractivity contribution in [1.29, 1.82) is 0 Å². The summed E-state index contributed by atoms with van der Waals surface area (Å²) in [7, 11) is 0. The van der Waals surface area contributed by atoms with Crippen LogP contribution in [0, 0.1) is 5.41 Å². The van der Waals surface area contributed by atoms with Crippen molar-refractivity contribution in [1.82, 2.24) is 4.90 Å². The molecule has 7 heteroatoms. The molecule has 27 heavy (non-hydrogen) atoms. The number of carboxylic acids is 1. The molecule has 1 amide bonds. The van der Waals surface area contributed by atoms with Crippen molar-refractivity contribution in [2.75, 3.05) is 25.0 Å². The molecule has 1 heterocycles. The number of anilines is 1. The van der Waals surface area contributed by atoms with E-state index in [2.05, 4.69) is 5.32 Å². The van der Waals surface area contributed by atoms with Gasteiger partial charge in [-0.15, -0.1) is 0 Å². The molecule has 142 valence electrons. The first-order valence-electron chi connectivity index (χ1n) is 8.63. The summed E-state index contributed by atoms with van der Waals surface area (Å²) in [5.74, 6) is 0.274. The molecule has 2 aromatic rings. The van der Waals surface area contributed by atoms with Gasteiger partial charge in [-0.1, -0.05) is 17.7 Å². The molecule has 1 fully saturated rings. The van der Waals surface area contributed by atoms with Gasteiger partial charge in [-0.2, -0.15) is 0 Å². The van der Waals surface area contributed by atoms with Crippen molar-refractivity contribution in [2.24, 2.45) is 5.41 Å². The average molecular weight is 389 g/mol. The highest BCUT2D eigenvalue weighted by molar-refractivity contribution is 6.30. The second-order valence-corrected chi connectivity index (χ2v) is 7.39. The van der Waals surface area contributed by atoms with Gasteiger partial charge in [0.1, 0.15) is 11.5 Å². The van der Waals surface area contributed by atoms with Crippen LogP contribution in [0.25, 0.3) is 0 Å². The largest absolute Gasteiger partial charge is 0.481 e. The Morgan fingerprint density at radius 1 is 1.22 bits per heavy atom. The molecular formula is C20H21ClN2O4. The van der Waals surface area contributed by atoms with Gasteiger partial charge in [0.05, 0.1) is 12.0 Å². The van der Waals surface area contributed by atoms with E-state index in [-0.39, 0.29) is 12.5 Å². The van der Waals surface area contributed by atoms with Crippen LogP contribution in [0.4, 0.5) is 5.69 Å². The molecule has 1 atom stereocenters. The van der Waals surface area contributed by atoms with Crippen molar-refractivity contribution < 1.29 is 19.4 Å². The molecule has 0 radical (unpaired) electrons. The maximum absolute atomic E-state index is 12.2. The number of hydrogen-bond donors (Lipinski definition) is 2. The number of rotatable bonds is 6. The van der Waals surface area contributed by atoms with Crippen molar-refractivity contribution >= 4 is 29.2 Å². The van der Waals surface area contributed by atoms with Gasteiger partial charge in [0, 0.05) is 17.3 Å². The van der Waals surface area contributed by atoms with Crippen LogP contribution in [0.3, 0.4) is 0 Å². The van der Waals surface area contributed by atoms with Gasteiger partial charge in [-0.25, -0.2) is 0 Å². The van der Waals surface area contributed by atoms with Gasteiger partial charge in [0.2, 0.25) is 5.91 Å². The lowest BCUT2D eigenvalue weighted by atomic mass is 9.90. The lowest BCUT2D eigenvalue weighted by Crippen LogP contribution is -2.35. The molecule has 2 aromatic carbocycles. The Labute approximate surface area is 162 Å². The minimum atomic E-state index is -0.819. The lowest BCUT2D eigenvalue weighted by Gasteiger charge is -2.19. The zero-order valence-electron chi connectivity index (χ0n) is 14.9. The second-order valence-electron chi connectivity index (χ2n) is 6.96. The number of ether oxygens (including phenoxy) is 1. The third kappa shape index (κ3) is 4.99. The quantitative estimate of drug-likeness (QED) is 0.785. The maximum Gasteiger partial charge on any atom is 0.310 e. The Morgan fingerprint density at radius 3 is 2.59 bits per heavy atom. The number of hydrogen-bond acceptors (Lipinski definition) is 4. The number of amides is 1. The predicted molar refractivity (Wildman–Crippen MR) is 103 cm³/mol. The van der Waals surface area contributed by atoms with E-state index in [1.807, 2.05) is 11.0 Å². The molecule has 2 N–H and O–H groups in total. The van der Waals surface area contributed by atoms with Gasteiger partial charge in [-0.05, 0) is 62.4 Å². The maximum atomic E-state index is 12.2. The van der Waals surface area contributed by atoms with Gasteiger partial charge in [-0.3, -0.25) is 14.5 Å². The van der Waals surface area contributed by atoms with Crippen LogP contribution >= 0.6 is 11.6 Å². The van der Waals surface area contributed by atoms with Crippen LogP contribution in [-0.4, -0.2) is 41.5 Å². The van der Waals surface area contributed by atoms with Crippen LogP contribution in [0.1, 0.15) is 13.3 Å². The Morgan fingerprint density at radius 2 is 1.96 bits per heavy atom. The van der Waals surface area contributed by atoms with E-state index in [0.717, 1.165) is 0 Å². The Kier molecular flexibility index (Phi) is 5.68. The lowest BCUT2D eigenvalue weighted by molar-refractivity contribution is -0.147. The Bertz CT molecular complexity index is 840. The van der Waals surface area contributed by atoms with Crippen LogP contribution < -0.4 is 10.1 Å². The zero-order chi connectivity index (χ0) is 19.4. The molecule has 1 saturated heterocycles. The van der Waals surface area contributed by atoms with Gasteiger partial charge in [0.15, 0.2) is 0 Å². The van der Waals surface area contributed by atoms with E-state index in [1.165, 1.54) is 0 Å². The van der Waals surface area contributed by atoms with E-state index >= 15 is 0 Å². The molecule has 0 bridgehead atoms. The van der Waals surface area contributed by atoms with Crippen molar-refractivity contribution in [3.63, 3.8) is 0 Å². The highest BCUT2D eigenvalue weighted by atomic mass is 35.5. The van der Waals surface area contributed by atoms with E-state index in [4.69, 9.17) is 16.3 Å². The molecule has 0 aliphatic carbocycles. The average Bonchev–Trinajstić information content (AvgIpc) is 2.99. The van der Waals surface area contributed by atoms with Crippen molar-refractivity contribution in [2.45, 2.75) is 13.3 Å². The number of likely N-dealkylation sites (tertiary alicyclic amines) is 1. The number of carbonyl (C=O) groups is 2. The number of halogens is 1. The first-order valence-corrected chi connectivity index (χ1v) is 9.01. The fourth-order valence-electron chi connectivity index (χ4n) is 3.04. The third-order valence-electron chi connectivity index (χ3n) is 4.61. The SMILES string of the molecule is CC1(C(=O)O)CCN(CC(=O)Nc2ccc(Oc3cccc(Cl)c3)cc2)C1. The topological polar surface area (TPSA) is 78.9 Å². The van der Waals surface area contributed by atoms with E-state index in [9.17, 15) is 14.7 Å². The standard InChI is InChI=1S/C20H21ClN2O4/c1-20(19(25)26)9-10-23(13-20)12-18(24)22-15-5-7-16(8-6-15)27-17-4-2-3-14(21)11-17/h2-8,11H,9-10,12-13H2,1H3,(H,22,24)(H,25,26).